The molecule has 0 heterocycles. The molecule has 1 rings (SSSR count). The molecule has 0 atom stereocenters. The van der Waals surface area contributed by atoms with Crippen LogP contribution in [-0.2, 0) is 16.8 Å². The molecule has 86 valence electrons. The van der Waals surface area contributed by atoms with Crippen molar-refractivity contribution in [3.63, 3.8) is 0 Å². The molecule has 0 bridgehead atoms. The molecule has 0 saturated carbocycles. The Bertz CT molecular complexity index is 418. The molecule has 16 heavy (non-hydrogen) atoms. The molecule has 0 spiro atoms. The summed E-state index contributed by atoms with van der Waals surface area (Å²) < 4.78 is 0. The standard InChI is InChI=1S/C13H17NO2/c1-4-13(2,3)11-7-10(8-14-9-15)5-6-12(11)16/h5-7,16H,4,8H2,1-3H3. The van der Waals surface area contributed by atoms with Crippen LogP contribution < -0.4 is 0 Å². The summed E-state index contributed by atoms with van der Waals surface area (Å²) in [6.45, 7) is 6.55. The Kier molecular flexibility index (Phi) is 3.86. The van der Waals surface area contributed by atoms with Crippen LogP contribution in [0.3, 0.4) is 0 Å². The van der Waals surface area contributed by atoms with E-state index in [4.69, 9.17) is 0 Å². The monoisotopic (exact) mass is 219 g/mol. The number of isocyanates is 1. The maximum atomic E-state index is 10.0. The smallest absolute Gasteiger partial charge is 0.235 e. The molecule has 1 N–H and O–H groups in total. The minimum atomic E-state index is -0.0784. The fraction of sp³-hybridized carbons (Fsp3) is 0.462. The number of hydrogen-bond acceptors (Lipinski definition) is 3. The van der Waals surface area contributed by atoms with Crippen molar-refractivity contribution in [2.75, 3.05) is 0 Å². The Hall–Kier alpha value is -1.60. The van der Waals surface area contributed by atoms with E-state index in [2.05, 4.69) is 25.8 Å². The Morgan fingerprint density at radius 1 is 1.44 bits per heavy atom. The van der Waals surface area contributed by atoms with E-state index in [1.54, 1.807) is 12.1 Å². The van der Waals surface area contributed by atoms with E-state index >= 15 is 0 Å². The Morgan fingerprint density at radius 3 is 2.69 bits per heavy atom. The third-order valence-corrected chi connectivity index (χ3v) is 3.00. The minimum absolute atomic E-state index is 0.0784. The van der Waals surface area contributed by atoms with Crippen molar-refractivity contribution in [2.45, 2.75) is 39.2 Å². The molecule has 1 aromatic rings. The van der Waals surface area contributed by atoms with E-state index in [1.807, 2.05) is 6.07 Å². The van der Waals surface area contributed by atoms with E-state index in [-0.39, 0.29) is 5.41 Å². The van der Waals surface area contributed by atoms with Crippen LogP contribution in [0.4, 0.5) is 0 Å². The zero-order valence-corrected chi connectivity index (χ0v) is 9.95. The molecule has 0 aromatic heterocycles. The van der Waals surface area contributed by atoms with Crippen molar-refractivity contribution in [1.29, 1.82) is 0 Å². The maximum absolute atomic E-state index is 10.0. The molecule has 0 aliphatic carbocycles. The van der Waals surface area contributed by atoms with Crippen LogP contribution in [0.25, 0.3) is 0 Å². The van der Waals surface area contributed by atoms with Crippen LogP contribution >= 0.6 is 0 Å². The lowest BCUT2D eigenvalue weighted by atomic mass is 9.81. The van der Waals surface area contributed by atoms with Gasteiger partial charge in [-0.1, -0.05) is 26.8 Å². The van der Waals surface area contributed by atoms with E-state index in [1.165, 1.54) is 6.08 Å². The number of hydrogen-bond donors (Lipinski definition) is 1. The Labute approximate surface area is 95.8 Å². The molecule has 0 amide bonds. The van der Waals surface area contributed by atoms with Gasteiger partial charge in [-0.25, -0.2) is 9.79 Å². The van der Waals surface area contributed by atoms with Gasteiger partial charge < -0.3 is 5.11 Å². The first kappa shape index (κ1) is 12.5. The summed E-state index contributed by atoms with van der Waals surface area (Å²) in [7, 11) is 0. The summed E-state index contributed by atoms with van der Waals surface area (Å²) >= 11 is 0. The molecule has 0 aliphatic heterocycles. The van der Waals surface area contributed by atoms with Crippen LogP contribution in [0.1, 0.15) is 38.3 Å². The van der Waals surface area contributed by atoms with Crippen molar-refractivity contribution in [3.8, 4) is 5.75 Å². The van der Waals surface area contributed by atoms with Crippen molar-refractivity contribution in [2.24, 2.45) is 4.99 Å². The molecule has 0 radical (unpaired) electrons. The topological polar surface area (TPSA) is 49.7 Å². The number of aliphatic imine (C=N–C) groups is 1. The predicted molar refractivity (Wildman–Crippen MR) is 63.2 cm³/mol. The second-order valence-corrected chi connectivity index (χ2v) is 4.50. The highest BCUT2D eigenvalue weighted by molar-refractivity contribution is 5.41. The first-order valence-corrected chi connectivity index (χ1v) is 5.37. The number of nitrogens with zero attached hydrogens (tertiary/aromatic N) is 1. The zero-order chi connectivity index (χ0) is 12.2. The predicted octanol–water partition coefficient (Wildman–Crippen LogP) is 2.92. The largest absolute Gasteiger partial charge is 0.508 e. The van der Waals surface area contributed by atoms with Crippen molar-refractivity contribution in [1.82, 2.24) is 0 Å². The fourth-order valence-electron chi connectivity index (χ4n) is 1.54. The minimum Gasteiger partial charge on any atom is -0.508 e. The third kappa shape index (κ3) is 2.71. The number of benzene rings is 1. The SMILES string of the molecule is CCC(C)(C)c1cc(CN=C=O)ccc1O. The normalized spacial score (nSPS) is 10.9. The highest BCUT2D eigenvalue weighted by Crippen LogP contribution is 2.34. The number of phenols is 1. The maximum Gasteiger partial charge on any atom is 0.235 e. The van der Waals surface area contributed by atoms with Crippen molar-refractivity contribution < 1.29 is 9.90 Å². The second-order valence-electron chi connectivity index (χ2n) is 4.50. The first-order chi connectivity index (χ1) is 7.51. The van der Waals surface area contributed by atoms with Gasteiger partial charge in [-0.3, -0.25) is 0 Å². The van der Waals surface area contributed by atoms with Gasteiger partial charge in [-0.2, -0.15) is 0 Å². The third-order valence-electron chi connectivity index (χ3n) is 3.00. The molecular formula is C13H17NO2. The molecule has 3 nitrogen and oxygen atoms in total. The number of aromatic hydroxyl groups is 1. The molecular weight excluding hydrogens is 202 g/mol. The highest BCUT2D eigenvalue weighted by atomic mass is 16.3. The molecule has 0 fully saturated rings. The van der Waals surface area contributed by atoms with Gasteiger partial charge in [-0.05, 0) is 35.1 Å². The summed E-state index contributed by atoms with van der Waals surface area (Å²) in [4.78, 5) is 13.6. The lowest BCUT2D eigenvalue weighted by molar-refractivity contribution is 0.428. The van der Waals surface area contributed by atoms with Crippen LogP contribution in [0.5, 0.6) is 5.75 Å². The number of carbonyl (C=O) groups excluding carboxylic acids is 1. The zero-order valence-electron chi connectivity index (χ0n) is 9.95. The van der Waals surface area contributed by atoms with E-state index in [0.29, 0.717) is 12.3 Å². The quantitative estimate of drug-likeness (QED) is 0.625. The van der Waals surface area contributed by atoms with Crippen LogP contribution in [0, 0.1) is 0 Å². The second kappa shape index (κ2) is 4.95. The molecule has 1 aromatic carbocycles. The molecule has 3 heteroatoms. The summed E-state index contributed by atoms with van der Waals surface area (Å²) in [6.07, 6.45) is 2.45. The molecule has 0 unspecified atom stereocenters. The summed E-state index contributed by atoms with van der Waals surface area (Å²) in [5, 5.41) is 9.82. The highest BCUT2D eigenvalue weighted by Gasteiger charge is 2.21. The van der Waals surface area contributed by atoms with Crippen LogP contribution in [0.2, 0.25) is 0 Å². The van der Waals surface area contributed by atoms with Gasteiger partial charge in [-0.15, -0.1) is 0 Å². The van der Waals surface area contributed by atoms with Crippen LogP contribution in [-0.4, -0.2) is 11.2 Å². The van der Waals surface area contributed by atoms with Gasteiger partial charge in [0, 0.05) is 0 Å². The first-order valence-electron chi connectivity index (χ1n) is 5.37. The lowest BCUT2D eigenvalue weighted by Gasteiger charge is -2.24. The van der Waals surface area contributed by atoms with Gasteiger partial charge in [0.2, 0.25) is 6.08 Å². The fourth-order valence-corrected chi connectivity index (χ4v) is 1.54. The average molecular weight is 219 g/mol. The van der Waals surface area contributed by atoms with E-state index in [0.717, 1.165) is 17.5 Å². The Morgan fingerprint density at radius 2 is 2.12 bits per heavy atom. The van der Waals surface area contributed by atoms with Crippen molar-refractivity contribution >= 4 is 6.08 Å². The number of rotatable bonds is 4. The Balaban J connectivity index is 3.13. The van der Waals surface area contributed by atoms with E-state index in [9.17, 15) is 9.90 Å². The van der Waals surface area contributed by atoms with Gasteiger partial charge in [0.05, 0.1) is 6.54 Å². The van der Waals surface area contributed by atoms with Gasteiger partial charge >= 0.3 is 0 Å². The van der Waals surface area contributed by atoms with Crippen LogP contribution in [0.15, 0.2) is 23.2 Å². The van der Waals surface area contributed by atoms with Crippen molar-refractivity contribution in [3.05, 3.63) is 29.3 Å². The summed E-state index contributed by atoms with van der Waals surface area (Å²) in [6, 6.07) is 5.33. The summed E-state index contributed by atoms with van der Waals surface area (Å²) in [5.41, 5.74) is 1.73. The summed E-state index contributed by atoms with van der Waals surface area (Å²) in [5.74, 6) is 0.297. The molecule has 0 saturated heterocycles. The van der Waals surface area contributed by atoms with Gasteiger partial charge in [0.1, 0.15) is 5.75 Å². The number of phenolic OH excluding ortho intramolecular Hbond substituents is 1. The molecule has 0 aliphatic rings. The average Bonchev–Trinajstić information content (AvgIpc) is 2.27. The van der Waals surface area contributed by atoms with Gasteiger partial charge in [0.25, 0.3) is 0 Å². The lowest BCUT2D eigenvalue weighted by Crippen LogP contribution is -2.15. The van der Waals surface area contributed by atoms with Gasteiger partial charge in [0.15, 0.2) is 0 Å². The van der Waals surface area contributed by atoms with E-state index < -0.39 is 0 Å².